The maximum absolute atomic E-state index is 10.1. The first-order valence-corrected chi connectivity index (χ1v) is 6.94. The van der Waals surface area contributed by atoms with Crippen molar-refractivity contribution in [2.24, 2.45) is 0 Å². The third kappa shape index (κ3) is 4.84. The molecule has 0 aliphatic heterocycles. The van der Waals surface area contributed by atoms with Crippen molar-refractivity contribution < 1.29 is 9.84 Å². The number of ether oxygens (including phenoxy) is 1. The highest BCUT2D eigenvalue weighted by Crippen LogP contribution is 2.21. The number of hydrogen-bond donors (Lipinski definition) is 1. The Morgan fingerprint density at radius 2 is 2.00 bits per heavy atom. The Hall–Kier alpha value is -1.06. The molecular weight excluding hydrogens is 238 g/mol. The molecule has 108 valence electrons. The lowest BCUT2D eigenvalue weighted by molar-refractivity contribution is 0.0141. The maximum Gasteiger partial charge on any atom is 0.122 e. The Morgan fingerprint density at radius 3 is 2.58 bits per heavy atom. The van der Waals surface area contributed by atoms with Crippen molar-refractivity contribution in [2.75, 3.05) is 20.7 Å². The molecule has 1 rings (SSSR count). The summed E-state index contributed by atoms with van der Waals surface area (Å²) in [6.07, 6.45) is 1.68. The molecule has 0 aliphatic rings. The van der Waals surface area contributed by atoms with Crippen LogP contribution in [0.3, 0.4) is 0 Å². The summed E-state index contributed by atoms with van der Waals surface area (Å²) >= 11 is 0. The summed E-state index contributed by atoms with van der Waals surface area (Å²) in [5.74, 6) is 0.935. The van der Waals surface area contributed by atoms with E-state index in [0.717, 1.165) is 18.6 Å². The van der Waals surface area contributed by atoms with Gasteiger partial charge in [0.25, 0.3) is 0 Å². The van der Waals surface area contributed by atoms with Gasteiger partial charge >= 0.3 is 0 Å². The summed E-state index contributed by atoms with van der Waals surface area (Å²) in [7, 11) is 3.76. The van der Waals surface area contributed by atoms with Crippen molar-refractivity contribution in [3.8, 4) is 5.75 Å². The predicted octanol–water partition coefficient (Wildman–Crippen LogP) is 2.72. The van der Waals surface area contributed by atoms with Crippen LogP contribution in [0.5, 0.6) is 5.75 Å². The minimum Gasteiger partial charge on any atom is -0.496 e. The molecule has 2 atom stereocenters. The van der Waals surface area contributed by atoms with E-state index in [2.05, 4.69) is 24.9 Å². The van der Waals surface area contributed by atoms with E-state index >= 15 is 0 Å². The number of aliphatic hydroxyl groups is 1. The Morgan fingerprint density at radius 1 is 1.37 bits per heavy atom. The third-order valence-electron chi connectivity index (χ3n) is 3.81. The SMILES string of the molecule is CCC(C)(O)CN(C)C(C)Cc1ccccc1OC. The van der Waals surface area contributed by atoms with Crippen molar-refractivity contribution in [3.63, 3.8) is 0 Å². The molecule has 1 aromatic carbocycles. The Bertz CT molecular complexity index is 390. The van der Waals surface area contributed by atoms with Crippen molar-refractivity contribution in [3.05, 3.63) is 29.8 Å². The van der Waals surface area contributed by atoms with Gasteiger partial charge in [-0.1, -0.05) is 25.1 Å². The maximum atomic E-state index is 10.1. The van der Waals surface area contributed by atoms with Gasteiger partial charge in [-0.2, -0.15) is 0 Å². The number of likely N-dealkylation sites (N-methyl/N-ethyl adjacent to an activating group) is 1. The second-order valence-electron chi connectivity index (χ2n) is 5.63. The van der Waals surface area contributed by atoms with E-state index in [1.807, 2.05) is 32.0 Å². The van der Waals surface area contributed by atoms with Gasteiger partial charge in [-0.3, -0.25) is 0 Å². The lowest BCUT2D eigenvalue weighted by Crippen LogP contribution is -2.43. The fourth-order valence-corrected chi connectivity index (χ4v) is 2.15. The first-order chi connectivity index (χ1) is 8.89. The van der Waals surface area contributed by atoms with E-state index in [4.69, 9.17) is 4.74 Å². The molecule has 1 N–H and O–H groups in total. The van der Waals surface area contributed by atoms with Crippen LogP contribution >= 0.6 is 0 Å². The van der Waals surface area contributed by atoms with Crippen LogP contribution in [0.1, 0.15) is 32.8 Å². The van der Waals surface area contributed by atoms with Crippen LogP contribution in [0.15, 0.2) is 24.3 Å². The summed E-state index contributed by atoms with van der Waals surface area (Å²) in [5, 5.41) is 10.1. The Balaban J connectivity index is 2.66. The topological polar surface area (TPSA) is 32.7 Å². The molecule has 2 unspecified atom stereocenters. The molecule has 0 saturated heterocycles. The lowest BCUT2D eigenvalue weighted by Gasteiger charge is -2.32. The largest absolute Gasteiger partial charge is 0.496 e. The van der Waals surface area contributed by atoms with Gasteiger partial charge in [-0.25, -0.2) is 0 Å². The normalized spacial score (nSPS) is 16.2. The minimum absolute atomic E-state index is 0.356. The average molecular weight is 265 g/mol. The van der Waals surface area contributed by atoms with Crippen molar-refractivity contribution in [1.29, 1.82) is 0 Å². The molecule has 0 spiro atoms. The lowest BCUT2D eigenvalue weighted by atomic mass is 10.0. The van der Waals surface area contributed by atoms with Crippen LogP contribution < -0.4 is 4.74 Å². The molecule has 0 amide bonds. The summed E-state index contributed by atoms with van der Waals surface area (Å²) in [5.41, 5.74) is 0.588. The van der Waals surface area contributed by atoms with E-state index in [-0.39, 0.29) is 0 Å². The number of methoxy groups -OCH3 is 1. The van der Waals surface area contributed by atoms with Crippen LogP contribution in [-0.2, 0) is 6.42 Å². The summed E-state index contributed by atoms with van der Waals surface area (Å²) in [4.78, 5) is 2.20. The molecule has 1 aromatic rings. The molecule has 0 saturated carbocycles. The van der Waals surface area contributed by atoms with Crippen molar-refractivity contribution in [2.45, 2.75) is 45.3 Å². The first kappa shape index (κ1) is 16.0. The zero-order chi connectivity index (χ0) is 14.5. The minimum atomic E-state index is -0.621. The van der Waals surface area contributed by atoms with Crippen LogP contribution in [-0.4, -0.2) is 42.4 Å². The van der Waals surface area contributed by atoms with Gasteiger partial charge in [0.2, 0.25) is 0 Å². The highest BCUT2D eigenvalue weighted by molar-refractivity contribution is 5.33. The molecule has 0 fully saturated rings. The van der Waals surface area contributed by atoms with E-state index in [9.17, 15) is 5.11 Å². The zero-order valence-electron chi connectivity index (χ0n) is 12.8. The van der Waals surface area contributed by atoms with E-state index in [0.29, 0.717) is 12.6 Å². The number of para-hydroxylation sites is 1. The molecule has 19 heavy (non-hydrogen) atoms. The molecule has 0 aromatic heterocycles. The van der Waals surface area contributed by atoms with Crippen LogP contribution in [0, 0.1) is 0 Å². The van der Waals surface area contributed by atoms with E-state index in [1.165, 1.54) is 5.56 Å². The first-order valence-electron chi connectivity index (χ1n) is 6.94. The fourth-order valence-electron chi connectivity index (χ4n) is 2.15. The second-order valence-corrected chi connectivity index (χ2v) is 5.63. The number of benzene rings is 1. The molecule has 0 aliphatic carbocycles. The molecule has 0 radical (unpaired) electrons. The Kier molecular flexibility index (Phi) is 5.83. The zero-order valence-corrected chi connectivity index (χ0v) is 12.8. The molecule has 0 bridgehead atoms. The van der Waals surface area contributed by atoms with Crippen molar-refractivity contribution in [1.82, 2.24) is 4.90 Å². The Labute approximate surface area is 117 Å². The van der Waals surface area contributed by atoms with Gasteiger partial charge < -0.3 is 14.7 Å². The van der Waals surface area contributed by atoms with Crippen LogP contribution in [0.2, 0.25) is 0 Å². The van der Waals surface area contributed by atoms with E-state index in [1.54, 1.807) is 7.11 Å². The van der Waals surface area contributed by atoms with E-state index < -0.39 is 5.60 Å². The summed E-state index contributed by atoms with van der Waals surface area (Å²) in [6.45, 7) is 6.76. The van der Waals surface area contributed by atoms with Gasteiger partial charge in [0.15, 0.2) is 0 Å². The number of hydrogen-bond acceptors (Lipinski definition) is 3. The number of nitrogens with zero attached hydrogens (tertiary/aromatic N) is 1. The van der Waals surface area contributed by atoms with Crippen LogP contribution in [0.4, 0.5) is 0 Å². The quantitative estimate of drug-likeness (QED) is 0.823. The third-order valence-corrected chi connectivity index (χ3v) is 3.81. The highest BCUT2D eigenvalue weighted by atomic mass is 16.5. The smallest absolute Gasteiger partial charge is 0.122 e. The molecular formula is C16H27NO2. The standard InChI is InChI=1S/C16H27NO2/c1-6-16(3,18)12-17(4)13(2)11-14-9-7-8-10-15(14)19-5/h7-10,13,18H,6,11-12H2,1-5H3. The van der Waals surface area contributed by atoms with Gasteiger partial charge in [0.05, 0.1) is 12.7 Å². The molecule has 3 nitrogen and oxygen atoms in total. The van der Waals surface area contributed by atoms with Gasteiger partial charge in [-0.15, -0.1) is 0 Å². The fraction of sp³-hybridized carbons (Fsp3) is 0.625. The van der Waals surface area contributed by atoms with Crippen molar-refractivity contribution >= 4 is 0 Å². The summed E-state index contributed by atoms with van der Waals surface area (Å²) < 4.78 is 5.38. The monoisotopic (exact) mass is 265 g/mol. The predicted molar refractivity (Wildman–Crippen MR) is 79.7 cm³/mol. The average Bonchev–Trinajstić information content (AvgIpc) is 2.38. The van der Waals surface area contributed by atoms with Crippen LogP contribution in [0.25, 0.3) is 0 Å². The molecule has 3 heteroatoms. The summed E-state index contributed by atoms with van der Waals surface area (Å²) in [6, 6.07) is 8.46. The van der Waals surface area contributed by atoms with Gasteiger partial charge in [-0.05, 0) is 45.4 Å². The number of rotatable bonds is 7. The van der Waals surface area contributed by atoms with Gasteiger partial charge in [0.1, 0.15) is 5.75 Å². The second kappa shape index (κ2) is 6.92. The van der Waals surface area contributed by atoms with Gasteiger partial charge in [0, 0.05) is 12.6 Å². The molecule has 0 heterocycles. The highest BCUT2D eigenvalue weighted by Gasteiger charge is 2.23.